The quantitative estimate of drug-likeness (QED) is 0.0255. The van der Waals surface area contributed by atoms with Gasteiger partial charge in [-0.05, 0) is 203 Å². The molecular formula is C88H68F8N16. The van der Waals surface area contributed by atoms with Gasteiger partial charge in [-0.25, -0.2) is 59.8 Å². The molecule has 4 aromatic heterocycles. The van der Waals surface area contributed by atoms with E-state index in [-0.39, 0.29) is 49.8 Å². The highest BCUT2D eigenvalue weighted by Gasteiger charge is 2.34. The van der Waals surface area contributed by atoms with Gasteiger partial charge in [-0.2, -0.15) is 0 Å². The Morgan fingerprint density at radius 2 is 0.527 bits per heavy atom. The molecule has 0 saturated carbocycles. The predicted octanol–water partition coefficient (Wildman–Crippen LogP) is 22.9. The molecule has 0 aliphatic carbocycles. The van der Waals surface area contributed by atoms with Gasteiger partial charge in [0.05, 0.1) is 83.2 Å². The average molecular weight is 1500 g/mol. The lowest BCUT2D eigenvalue weighted by atomic mass is 10.0. The Balaban J connectivity index is 1.18. The first kappa shape index (κ1) is 70.8. The van der Waals surface area contributed by atoms with Crippen molar-refractivity contribution in [3.8, 4) is 0 Å². The standard InChI is InChI=1S/C88H68F8N16/c1-42-17-9-25-50(33-42)97-59-41-58-60(76(99-52-27-11-19-44(3)35-52)75(59)98-51-26-10-18-43(2)34-51)82-104-81(58)105-83-61-62(68(90)72(94)71(93)67(61)89)84(106-83)107-85-63-64(70(92)74(96)73(95)69(63)91)86(108-85)110-88-66-65(87(109-82)112(88)111-57-32-16-24-49(8)40-57)77(100-53-28-12-20-45(4)36-53)79(102-55-30-14-22-47(6)38-55)80(103-56-31-15-23-48(7)39-56)78(66)101-54-29-13-21-46(5)37-54/h9-41,97-103,111H,1-8H3,(H3,104,105,106,107,108,109,110). The molecule has 0 fully saturated rings. The van der Waals surface area contributed by atoms with Crippen LogP contribution >= 0.6 is 0 Å². The summed E-state index contributed by atoms with van der Waals surface area (Å²) in [6.45, 7) is 15.5. The molecule has 0 unspecified atom stereocenters. The monoisotopic (exact) mass is 1500 g/mol. The summed E-state index contributed by atoms with van der Waals surface area (Å²) in [5, 5.41) is 23.2. The molecule has 112 heavy (non-hydrogen) atoms. The molecule has 556 valence electrons. The average Bonchev–Trinajstić information content (AvgIpc) is 1.54. The van der Waals surface area contributed by atoms with Gasteiger partial charge in [0.1, 0.15) is 34.2 Å². The normalized spacial score (nSPS) is 11.9. The predicted molar refractivity (Wildman–Crippen MR) is 431 cm³/mol. The second-order valence-corrected chi connectivity index (χ2v) is 28.2. The molecule has 0 amide bonds. The number of halogens is 8. The van der Waals surface area contributed by atoms with E-state index in [1.165, 1.54) is 4.68 Å². The minimum Gasteiger partial charge on any atom is -0.354 e. The first-order valence-corrected chi connectivity index (χ1v) is 35.9. The van der Waals surface area contributed by atoms with Crippen LogP contribution in [0.5, 0.6) is 0 Å². The third-order valence-corrected chi connectivity index (χ3v) is 19.5. The third-order valence-electron chi connectivity index (χ3n) is 19.5. The number of nitrogens with one attached hydrogen (secondary N) is 11. The van der Waals surface area contributed by atoms with E-state index in [9.17, 15) is 0 Å². The van der Waals surface area contributed by atoms with Crippen LogP contribution in [-0.2, 0) is 0 Å². The molecule has 5 heterocycles. The molecule has 0 spiro atoms. The minimum absolute atomic E-state index is 0.0172. The molecular weight excluding hydrogens is 1430 g/mol. The first-order valence-electron chi connectivity index (χ1n) is 35.9. The molecule has 17 rings (SSSR count). The lowest BCUT2D eigenvalue weighted by Gasteiger charge is -2.25. The molecule has 0 radical (unpaired) electrons. The van der Waals surface area contributed by atoms with Crippen molar-refractivity contribution in [2.45, 2.75) is 55.4 Å². The maximum atomic E-state index is 17.8. The summed E-state index contributed by atoms with van der Waals surface area (Å²) in [5.41, 5.74) is 16.1. The van der Waals surface area contributed by atoms with Crippen LogP contribution in [0.4, 0.5) is 144 Å². The van der Waals surface area contributed by atoms with E-state index in [1.54, 1.807) is 12.1 Å². The van der Waals surface area contributed by atoms with Crippen LogP contribution in [0, 0.1) is 102 Å². The van der Waals surface area contributed by atoms with Crippen LogP contribution in [0.25, 0.3) is 43.1 Å². The van der Waals surface area contributed by atoms with Gasteiger partial charge in [0.15, 0.2) is 57.5 Å². The van der Waals surface area contributed by atoms with E-state index in [4.69, 9.17) is 15.0 Å². The van der Waals surface area contributed by atoms with E-state index in [0.29, 0.717) is 79.6 Å². The van der Waals surface area contributed by atoms with Crippen LogP contribution in [0.15, 0.2) is 220 Å². The fourth-order valence-corrected chi connectivity index (χ4v) is 14.5. The number of anilines is 15. The van der Waals surface area contributed by atoms with Gasteiger partial charge in [0.2, 0.25) is 0 Å². The molecule has 11 N–H and O–H groups in total. The summed E-state index contributed by atoms with van der Waals surface area (Å²) in [6.07, 6.45) is 0. The van der Waals surface area contributed by atoms with Crippen molar-refractivity contribution < 1.29 is 35.1 Å². The number of hydrogen-bond acceptors (Lipinski definition) is 12. The molecule has 24 heteroatoms. The van der Waals surface area contributed by atoms with Gasteiger partial charge < -0.3 is 52.2 Å². The molecule has 8 bridgehead atoms. The second-order valence-electron chi connectivity index (χ2n) is 28.2. The number of rotatable bonds is 16. The van der Waals surface area contributed by atoms with Crippen molar-refractivity contribution in [1.82, 2.24) is 19.6 Å². The van der Waals surface area contributed by atoms with Crippen molar-refractivity contribution in [1.29, 1.82) is 0 Å². The Bertz CT molecular complexity index is 6900. The van der Waals surface area contributed by atoms with Crippen molar-refractivity contribution >= 4 is 152 Å². The molecule has 16 aromatic rings. The fourth-order valence-electron chi connectivity index (χ4n) is 14.5. The summed E-state index contributed by atoms with van der Waals surface area (Å²) in [5.74, 6) is -18.6. The van der Waals surface area contributed by atoms with E-state index >= 15 is 35.1 Å². The second kappa shape index (κ2) is 28.1. The highest BCUT2D eigenvalue weighted by atomic mass is 19.2. The Morgan fingerprint density at radius 1 is 0.250 bits per heavy atom. The number of nitrogens with zero attached hydrogens (tertiary/aromatic N) is 5. The van der Waals surface area contributed by atoms with Gasteiger partial charge in [-0.3, -0.25) is 5.43 Å². The van der Waals surface area contributed by atoms with Crippen molar-refractivity contribution in [3.05, 3.63) is 313 Å². The van der Waals surface area contributed by atoms with Crippen LogP contribution in [-0.4, -0.2) is 19.6 Å². The molecule has 1 aliphatic rings. The fraction of sp³-hybridized carbons (Fsp3) is 0.0909. The van der Waals surface area contributed by atoms with Crippen molar-refractivity contribution in [2.24, 2.45) is 20.0 Å². The van der Waals surface area contributed by atoms with Crippen LogP contribution < -0.4 is 64.6 Å². The van der Waals surface area contributed by atoms with Gasteiger partial charge >= 0.3 is 0 Å². The summed E-state index contributed by atoms with van der Waals surface area (Å²) in [7, 11) is 0. The van der Waals surface area contributed by atoms with Gasteiger partial charge in [-0.15, -0.1) is 0 Å². The molecule has 1 aliphatic heterocycles. The van der Waals surface area contributed by atoms with E-state index in [0.717, 1.165) is 44.5 Å². The Kier molecular flexibility index (Phi) is 17.8. The van der Waals surface area contributed by atoms with Crippen LogP contribution in [0.1, 0.15) is 44.5 Å². The van der Waals surface area contributed by atoms with Crippen LogP contribution in [0.3, 0.4) is 0 Å². The lowest BCUT2D eigenvalue weighted by molar-refractivity contribution is 0.418. The number of aryl methyl sites for hydroxylation is 8. The number of benzene rings is 12. The number of H-pyrrole nitrogens is 3. The maximum absolute atomic E-state index is 17.8. The minimum atomic E-state index is -2.28. The Labute approximate surface area is 634 Å². The summed E-state index contributed by atoms with van der Waals surface area (Å²) in [6, 6.07) is 63.0. The number of aromatic amines is 3. The zero-order valence-corrected chi connectivity index (χ0v) is 61.3. The molecule has 0 atom stereocenters. The number of fused-ring (bicyclic) bond motifs is 20. The van der Waals surface area contributed by atoms with Gasteiger partial charge in [-0.1, -0.05) is 97.1 Å². The van der Waals surface area contributed by atoms with Crippen LogP contribution in [0.2, 0.25) is 0 Å². The van der Waals surface area contributed by atoms with E-state index < -0.39 is 90.7 Å². The summed E-state index contributed by atoms with van der Waals surface area (Å²) in [4.78, 5) is 30.0. The Hall–Kier alpha value is -14.2. The van der Waals surface area contributed by atoms with E-state index in [2.05, 4.69) is 62.6 Å². The zero-order chi connectivity index (χ0) is 77.7. The number of hydrogen-bond donors (Lipinski definition) is 11. The first-order chi connectivity index (χ1) is 54.0. The maximum Gasteiger partial charge on any atom is 0.198 e. The lowest BCUT2D eigenvalue weighted by Crippen LogP contribution is -2.33. The number of aromatic nitrogens is 4. The summed E-state index contributed by atoms with van der Waals surface area (Å²) >= 11 is 0. The largest absolute Gasteiger partial charge is 0.354 e. The topological polar surface area (TPSA) is 198 Å². The smallest absolute Gasteiger partial charge is 0.198 e. The van der Waals surface area contributed by atoms with Gasteiger partial charge in [0.25, 0.3) is 0 Å². The highest BCUT2D eigenvalue weighted by molar-refractivity contribution is 6.19. The van der Waals surface area contributed by atoms with Crippen molar-refractivity contribution in [3.63, 3.8) is 0 Å². The zero-order valence-electron chi connectivity index (χ0n) is 61.3. The molecule has 12 aromatic carbocycles. The highest BCUT2D eigenvalue weighted by Crippen LogP contribution is 2.52. The SMILES string of the molecule is Cc1cccc(Nc2cc3c4[nH]c(c3c(Nc3cccc(C)c3)c2Nc2cccc(C)c2)N=c2c3c(Nc5cccc(C)c5)c(Nc5cccc(C)c5)c(Nc5cccc(C)c5)c(Nc5cccc(C)c5)c3c(n2Nc2cccc(C)c2)=Nc2[nH]c(c3c(F)c(F)c(F)c(F)c23)N=c2[nH]c(c3c(F)c(F)c(F)c(F)c23)=N4)c1. The van der Waals surface area contributed by atoms with E-state index in [1.807, 2.05) is 243 Å². The van der Waals surface area contributed by atoms with Gasteiger partial charge in [0, 0.05) is 45.2 Å². The molecule has 0 saturated heterocycles. The van der Waals surface area contributed by atoms with Crippen molar-refractivity contribution in [2.75, 3.05) is 42.6 Å². The Morgan fingerprint density at radius 3 is 0.893 bits per heavy atom. The summed E-state index contributed by atoms with van der Waals surface area (Å²) < 4.78 is 137. The third kappa shape index (κ3) is 13.0. The molecule has 16 nitrogen and oxygen atoms in total.